The number of aromatic nitrogens is 2. The van der Waals surface area contributed by atoms with Crippen LogP contribution < -0.4 is 5.32 Å². The first-order valence-electron chi connectivity index (χ1n) is 6.02. The first-order chi connectivity index (χ1) is 7.74. The zero-order valence-electron chi connectivity index (χ0n) is 10.1. The van der Waals surface area contributed by atoms with Crippen molar-refractivity contribution in [1.82, 2.24) is 15.5 Å². The summed E-state index contributed by atoms with van der Waals surface area (Å²) < 4.78 is 0. The summed E-state index contributed by atoms with van der Waals surface area (Å²) in [5.41, 5.74) is 1.02. The first-order valence-corrected chi connectivity index (χ1v) is 6.02. The van der Waals surface area contributed by atoms with Crippen LogP contribution in [0.5, 0.6) is 0 Å². The van der Waals surface area contributed by atoms with E-state index in [-0.39, 0.29) is 11.9 Å². The van der Waals surface area contributed by atoms with Crippen LogP contribution in [0.25, 0.3) is 0 Å². The molecule has 1 rings (SSSR count). The lowest BCUT2D eigenvalue weighted by molar-refractivity contribution is -0.121. The monoisotopic (exact) mass is 223 g/mol. The van der Waals surface area contributed by atoms with E-state index in [4.69, 9.17) is 0 Å². The minimum atomic E-state index is 0.0393. The molecule has 1 aromatic rings. The molecule has 0 spiro atoms. The number of aromatic amines is 1. The predicted molar refractivity (Wildman–Crippen MR) is 63.9 cm³/mol. The third-order valence-electron chi connectivity index (χ3n) is 2.65. The molecule has 1 aromatic heterocycles. The van der Waals surface area contributed by atoms with Gasteiger partial charge in [0.05, 0.1) is 12.2 Å². The van der Waals surface area contributed by atoms with E-state index in [1.54, 1.807) is 6.20 Å². The largest absolute Gasteiger partial charge is 0.349 e. The molecule has 90 valence electrons. The van der Waals surface area contributed by atoms with Crippen molar-refractivity contribution in [2.45, 2.75) is 52.0 Å². The number of hydrogen-bond donors (Lipinski definition) is 2. The Labute approximate surface area is 96.8 Å². The van der Waals surface area contributed by atoms with Gasteiger partial charge in [-0.2, -0.15) is 5.10 Å². The second-order valence-electron chi connectivity index (χ2n) is 4.13. The molecule has 4 nitrogen and oxygen atoms in total. The average Bonchev–Trinajstić information content (AvgIpc) is 2.77. The Balaban J connectivity index is 2.19. The van der Waals surface area contributed by atoms with E-state index in [0.29, 0.717) is 6.42 Å². The maximum absolute atomic E-state index is 11.6. The molecule has 0 aliphatic carbocycles. The highest BCUT2D eigenvalue weighted by Gasteiger charge is 2.09. The molecular weight excluding hydrogens is 202 g/mol. The van der Waals surface area contributed by atoms with Crippen molar-refractivity contribution < 1.29 is 4.79 Å². The predicted octanol–water partition coefficient (Wildman–Crippen LogP) is 2.56. The van der Waals surface area contributed by atoms with Gasteiger partial charge >= 0.3 is 0 Å². The first kappa shape index (κ1) is 12.7. The van der Waals surface area contributed by atoms with Crippen molar-refractivity contribution in [1.29, 1.82) is 0 Å². The van der Waals surface area contributed by atoms with Crippen LogP contribution >= 0.6 is 0 Å². The fourth-order valence-electron chi connectivity index (χ4n) is 1.61. The van der Waals surface area contributed by atoms with E-state index in [9.17, 15) is 4.79 Å². The number of hydrogen-bond acceptors (Lipinski definition) is 2. The Morgan fingerprint density at radius 3 is 2.94 bits per heavy atom. The Bertz CT molecular complexity index is 295. The molecule has 0 saturated carbocycles. The van der Waals surface area contributed by atoms with Crippen LogP contribution in [0, 0.1) is 0 Å². The molecule has 0 saturated heterocycles. The number of amides is 1. The van der Waals surface area contributed by atoms with E-state index in [0.717, 1.165) is 18.4 Å². The molecule has 0 aliphatic heterocycles. The molecule has 0 fully saturated rings. The summed E-state index contributed by atoms with van der Waals surface area (Å²) in [6.45, 7) is 4.13. The molecular formula is C12H21N3O. The van der Waals surface area contributed by atoms with Gasteiger partial charge in [0.15, 0.2) is 0 Å². The van der Waals surface area contributed by atoms with Gasteiger partial charge in [0.1, 0.15) is 0 Å². The Morgan fingerprint density at radius 2 is 2.31 bits per heavy atom. The molecule has 1 heterocycles. The smallest absolute Gasteiger partial charge is 0.220 e. The third-order valence-corrected chi connectivity index (χ3v) is 2.65. The molecule has 2 N–H and O–H groups in total. The van der Waals surface area contributed by atoms with Gasteiger partial charge in [-0.05, 0) is 13.3 Å². The quantitative estimate of drug-likeness (QED) is 0.698. The minimum absolute atomic E-state index is 0.0393. The van der Waals surface area contributed by atoms with E-state index in [1.165, 1.54) is 12.8 Å². The standard InChI is InChI=1S/C12H21N3O/c1-3-4-5-6-7-12(16)15-10(2)11-8-13-14-9-11/h8-10H,3-7H2,1-2H3,(H,13,14)(H,15,16). The maximum Gasteiger partial charge on any atom is 0.220 e. The molecule has 1 unspecified atom stereocenters. The summed E-state index contributed by atoms with van der Waals surface area (Å²) in [5.74, 6) is 0.129. The zero-order valence-corrected chi connectivity index (χ0v) is 10.1. The lowest BCUT2D eigenvalue weighted by Gasteiger charge is -2.11. The SMILES string of the molecule is CCCCCCC(=O)NC(C)c1cn[nH]c1. The van der Waals surface area contributed by atoms with Crippen molar-refractivity contribution >= 4 is 5.91 Å². The fraction of sp³-hybridized carbons (Fsp3) is 0.667. The van der Waals surface area contributed by atoms with Crippen molar-refractivity contribution in [3.63, 3.8) is 0 Å². The van der Waals surface area contributed by atoms with Gasteiger partial charge in [-0.15, -0.1) is 0 Å². The van der Waals surface area contributed by atoms with Crippen LogP contribution in [0.2, 0.25) is 0 Å². The fourth-order valence-corrected chi connectivity index (χ4v) is 1.61. The number of nitrogens with one attached hydrogen (secondary N) is 2. The Hall–Kier alpha value is -1.32. The van der Waals surface area contributed by atoms with Gasteiger partial charge in [-0.1, -0.05) is 26.2 Å². The lowest BCUT2D eigenvalue weighted by atomic mass is 10.1. The highest BCUT2D eigenvalue weighted by Crippen LogP contribution is 2.10. The van der Waals surface area contributed by atoms with Crippen molar-refractivity contribution in [2.24, 2.45) is 0 Å². The molecule has 0 radical (unpaired) electrons. The second kappa shape index (κ2) is 7.04. The lowest BCUT2D eigenvalue weighted by Crippen LogP contribution is -2.26. The molecule has 0 bridgehead atoms. The number of unbranched alkanes of at least 4 members (excludes halogenated alkanes) is 3. The van der Waals surface area contributed by atoms with Crippen LogP contribution in [0.4, 0.5) is 0 Å². The van der Waals surface area contributed by atoms with Gasteiger partial charge in [-0.3, -0.25) is 9.89 Å². The minimum Gasteiger partial charge on any atom is -0.349 e. The van der Waals surface area contributed by atoms with E-state index < -0.39 is 0 Å². The molecule has 1 atom stereocenters. The van der Waals surface area contributed by atoms with Gasteiger partial charge in [0.2, 0.25) is 5.91 Å². The summed E-state index contributed by atoms with van der Waals surface area (Å²) >= 11 is 0. The Kier molecular flexibility index (Phi) is 5.61. The highest BCUT2D eigenvalue weighted by molar-refractivity contribution is 5.76. The second-order valence-corrected chi connectivity index (χ2v) is 4.13. The van der Waals surface area contributed by atoms with Gasteiger partial charge in [0.25, 0.3) is 0 Å². The number of carbonyl (C=O) groups is 1. The van der Waals surface area contributed by atoms with Gasteiger partial charge < -0.3 is 5.32 Å². The van der Waals surface area contributed by atoms with Crippen molar-refractivity contribution in [3.05, 3.63) is 18.0 Å². The summed E-state index contributed by atoms with van der Waals surface area (Å²) in [7, 11) is 0. The van der Waals surface area contributed by atoms with Gasteiger partial charge in [0, 0.05) is 18.2 Å². The molecule has 4 heteroatoms. The summed E-state index contributed by atoms with van der Waals surface area (Å²) in [4.78, 5) is 11.6. The third kappa shape index (κ3) is 4.47. The van der Waals surface area contributed by atoms with E-state index in [1.807, 2.05) is 13.1 Å². The normalized spacial score (nSPS) is 12.4. The summed E-state index contributed by atoms with van der Waals surface area (Å²) in [5, 5.41) is 9.56. The molecule has 1 amide bonds. The topological polar surface area (TPSA) is 57.8 Å². The van der Waals surface area contributed by atoms with Crippen LogP contribution in [0.3, 0.4) is 0 Å². The number of H-pyrrole nitrogens is 1. The Morgan fingerprint density at radius 1 is 1.50 bits per heavy atom. The van der Waals surface area contributed by atoms with Crippen LogP contribution in [0.15, 0.2) is 12.4 Å². The van der Waals surface area contributed by atoms with Gasteiger partial charge in [-0.25, -0.2) is 0 Å². The summed E-state index contributed by atoms with van der Waals surface area (Å²) in [6, 6.07) is 0.0393. The number of nitrogens with zero attached hydrogens (tertiary/aromatic N) is 1. The van der Waals surface area contributed by atoms with E-state index in [2.05, 4.69) is 22.4 Å². The average molecular weight is 223 g/mol. The highest BCUT2D eigenvalue weighted by atomic mass is 16.1. The number of rotatable bonds is 7. The molecule has 16 heavy (non-hydrogen) atoms. The number of carbonyl (C=O) groups excluding carboxylic acids is 1. The van der Waals surface area contributed by atoms with Crippen LogP contribution in [0.1, 0.15) is 57.6 Å². The summed E-state index contributed by atoms with van der Waals surface area (Å²) in [6.07, 6.45) is 8.71. The zero-order chi connectivity index (χ0) is 11.8. The van der Waals surface area contributed by atoms with E-state index >= 15 is 0 Å². The van der Waals surface area contributed by atoms with Crippen molar-refractivity contribution in [2.75, 3.05) is 0 Å². The van der Waals surface area contributed by atoms with Crippen LogP contribution in [-0.4, -0.2) is 16.1 Å². The van der Waals surface area contributed by atoms with Crippen molar-refractivity contribution in [3.8, 4) is 0 Å². The van der Waals surface area contributed by atoms with Crippen LogP contribution in [-0.2, 0) is 4.79 Å². The molecule has 0 aromatic carbocycles. The maximum atomic E-state index is 11.6. The molecule has 0 aliphatic rings.